The molecule has 0 atom stereocenters. The highest BCUT2D eigenvalue weighted by Crippen LogP contribution is 2.33. The number of ether oxygens (including phenoxy) is 2. The van der Waals surface area contributed by atoms with Gasteiger partial charge >= 0.3 is 0 Å². The number of benzene rings is 1. The number of nitrogens with zero attached hydrogens (tertiary/aromatic N) is 2. The van der Waals surface area contributed by atoms with Gasteiger partial charge in [0.1, 0.15) is 0 Å². The highest BCUT2D eigenvalue weighted by atomic mass is 16.5. The molecule has 126 valence electrons. The lowest BCUT2D eigenvalue weighted by Crippen LogP contribution is -2.33. The molecule has 1 aromatic heterocycles. The summed E-state index contributed by atoms with van der Waals surface area (Å²) in [4.78, 5) is 18.6. The van der Waals surface area contributed by atoms with Gasteiger partial charge in [-0.05, 0) is 30.5 Å². The Bertz CT molecular complexity index is 688. The maximum absolute atomic E-state index is 12.6. The minimum Gasteiger partial charge on any atom is -0.493 e. The number of para-hydroxylation sites is 1. The smallest absolute Gasteiger partial charge is 0.223 e. The molecule has 2 heterocycles. The molecule has 0 saturated heterocycles. The van der Waals surface area contributed by atoms with Gasteiger partial charge in [0.25, 0.3) is 0 Å². The third-order valence-corrected chi connectivity index (χ3v) is 4.16. The number of amides is 1. The third-order valence-electron chi connectivity index (χ3n) is 4.16. The van der Waals surface area contributed by atoms with Crippen molar-refractivity contribution in [2.45, 2.75) is 25.8 Å². The molecular formula is C19H22N2O3. The summed E-state index contributed by atoms with van der Waals surface area (Å²) in [6.45, 7) is 1.85. The van der Waals surface area contributed by atoms with E-state index >= 15 is 0 Å². The maximum Gasteiger partial charge on any atom is 0.223 e. The fourth-order valence-corrected chi connectivity index (χ4v) is 2.89. The summed E-state index contributed by atoms with van der Waals surface area (Å²) < 4.78 is 11.2. The van der Waals surface area contributed by atoms with E-state index < -0.39 is 0 Å². The molecule has 0 N–H and O–H groups in total. The molecule has 24 heavy (non-hydrogen) atoms. The second-order valence-corrected chi connectivity index (χ2v) is 5.83. The number of aromatic nitrogens is 1. The first-order valence-electron chi connectivity index (χ1n) is 8.23. The summed E-state index contributed by atoms with van der Waals surface area (Å²) in [7, 11) is 1.63. The Morgan fingerprint density at radius 3 is 3.04 bits per heavy atom. The zero-order valence-electron chi connectivity index (χ0n) is 13.9. The number of methoxy groups -OCH3 is 1. The van der Waals surface area contributed by atoms with Gasteiger partial charge in [-0.3, -0.25) is 9.78 Å². The van der Waals surface area contributed by atoms with E-state index in [1.807, 2.05) is 41.4 Å². The SMILES string of the molecule is COc1cccc2c1OCCCN(C(=O)CCc1cccnc1)C2. The van der Waals surface area contributed by atoms with Gasteiger partial charge in [0.2, 0.25) is 5.91 Å². The standard InChI is InChI=1S/C19H22N2O3/c1-23-17-7-2-6-16-14-21(11-4-12-24-19(16)17)18(22)9-8-15-5-3-10-20-13-15/h2-3,5-7,10,13H,4,8-9,11-12,14H2,1H3. The highest BCUT2D eigenvalue weighted by molar-refractivity contribution is 5.76. The van der Waals surface area contributed by atoms with Crippen molar-refractivity contribution in [3.63, 3.8) is 0 Å². The van der Waals surface area contributed by atoms with Gasteiger partial charge in [0.05, 0.1) is 13.7 Å². The van der Waals surface area contributed by atoms with Crippen molar-refractivity contribution < 1.29 is 14.3 Å². The lowest BCUT2D eigenvalue weighted by atomic mass is 10.1. The lowest BCUT2D eigenvalue weighted by Gasteiger charge is -2.27. The quantitative estimate of drug-likeness (QED) is 0.867. The average molecular weight is 326 g/mol. The Kier molecular flexibility index (Phi) is 5.31. The van der Waals surface area contributed by atoms with E-state index in [1.54, 1.807) is 13.3 Å². The van der Waals surface area contributed by atoms with E-state index in [4.69, 9.17) is 9.47 Å². The molecule has 0 unspecified atom stereocenters. The zero-order valence-corrected chi connectivity index (χ0v) is 13.9. The Balaban J connectivity index is 1.70. The number of hydrogen-bond acceptors (Lipinski definition) is 4. The van der Waals surface area contributed by atoms with E-state index in [-0.39, 0.29) is 5.91 Å². The van der Waals surface area contributed by atoms with Crippen LogP contribution in [0.5, 0.6) is 11.5 Å². The number of rotatable bonds is 4. The molecule has 0 saturated carbocycles. The molecular weight excluding hydrogens is 304 g/mol. The second-order valence-electron chi connectivity index (χ2n) is 5.83. The molecule has 3 rings (SSSR count). The lowest BCUT2D eigenvalue weighted by molar-refractivity contribution is -0.132. The zero-order chi connectivity index (χ0) is 16.8. The van der Waals surface area contributed by atoms with Crippen LogP contribution in [0.4, 0.5) is 0 Å². The first kappa shape index (κ1) is 16.3. The van der Waals surface area contributed by atoms with Gasteiger partial charge in [-0.15, -0.1) is 0 Å². The number of hydrogen-bond donors (Lipinski definition) is 0. The van der Waals surface area contributed by atoms with Crippen LogP contribution in [-0.4, -0.2) is 36.1 Å². The van der Waals surface area contributed by atoms with Gasteiger partial charge in [0, 0.05) is 37.5 Å². The predicted octanol–water partition coefficient (Wildman–Crippen LogP) is 2.83. The van der Waals surface area contributed by atoms with E-state index in [0.717, 1.165) is 29.0 Å². The molecule has 0 fully saturated rings. The van der Waals surface area contributed by atoms with Crippen LogP contribution in [0.1, 0.15) is 24.0 Å². The molecule has 0 spiro atoms. The molecule has 5 heteroatoms. The monoisotopic (exact) mass is 326 g/mol. The van der Waals surface area contributed by atoms with Gasteiger partial charge in [-0.2, -0.15) is 0 Å². The van der Waals surface area contributed by atoms with Gasteiger partial charge in [-0.25, -0.2) is 0 Å². The summed E-state index contributed by atoms with van der Waals surface area (Å²) in [5.74, 6) is 1.64. The van der Waals surface area contributed by atoms with Crippen molar-refractivity contribution in [2.24, 2.45) is 0 Å². The van der Waals surface area contributed by atoms with Crippen LogP contribution in [0.15, 0.2) is 42.7 Å². The van der Waals surface area contributed by atoms with Crippen LogP contribution in [0, 0.1) is 0 Å². The van der Waals surface area contributed by atoms with Crippen molar-refractivity contribution in [1.82, 2.24) is 9.88 Å². The number of carbonyl (C=O) groups is 1. The molecule has 5 nitrogen and oxygen atoms in total. The maximum atomic E-state index is 12.6. The fourth-order valence-electron chi connectivity index (χ4n) is 2.89. The van der Waals surface area contributed by atoms with Crippen LogP contribution in [0.25, 0.3) is 0 Å². The number of fused-ring (bicyclic) bond motifs is 1. The van der Waals surface area contributed by atoms with Crippen LogP contribution < -0.4 is 9.47 Å². The number of carbonyl (C=O) groups excluding carboxylic acids is 1. The number of pyridine rings is 1. The van der Waals surface area contributed by atoms with Crippen LogP contribution in [0.3, 0.4) is 0 Å². The molecule has 0 radical (unpaired) electrons. The topological polar surface area (TPSA) is 51.7 Å². The van der Waals surface area contributed by atoms with Gasteiger partial charge < -0.3 is 14.4 Å². The first-order chi connectivity index (χ1) is 11.8. The first-order valence-corrected chi connectivity index (χ1v) is 8.23. The summed E-state index contributed by atoms with van der Waals surface area (Å²) >= 11 is 0. The Morgan fingerprint density at radius 1 is 1.33 bits per heavy atom. The highest BCUT2D eigenvalue weighted by Gasteiger charge is 2.20. The average Bonchev–Trinajstić information content (AvgIpc) is 2.60. The minimum absolute atomic E-state index is 0.162. The molecule has 2 aromatic rings. The summed E-state index contributed by atoms with van der Waals surface area (Å²) in [5.41, 5.74) is 2.08. The minimum atomic E-state index is 0.162. The molecule has 1 aliphatic rings. The Morgan fingerprint density at radius 2 is 2.25 bits per heavy atom. The third kappa shape index (κ3) is 3.85. The van der Waals surface area contributed by atoms with Crippen molar-refractivity contribution in [3.05, 3.63) is 53.9 Å². The van der Waals surface area contributed by atoms with Gasteiger partial charge in [0.15, 0.2) is 11.5 Å². The molecule has 1 aliphatic heterocycles. The van der Waals surface area contributed by atoms with E-state index in [0.29, 0.717) is 32.5 Å². The second kappa shape index (κ2) is 7.81. The van der Waals surface area contributed by atoms with Crippen molar-refractivity contribution >= 4 is 5.91 Å². The van der Waals surface area contributed by atoms with E-state index in [9.17, 15) is 4.79 Å². The summed E-state index contributed by atoms with van der Waals surface area (Å²) in [6, 6.07) is 9.71. The van der Waals surface area contributed by atoms with E-state index in [2.05, 4.69) is 4.98 Å². The Labute approximate surface area is 142 Å². The Hall–Kier alpha value is -2.56. The van der Waals surface area contributed by atoms with Crippen LogP contribution in [0.2, 0.25) is 0 Å². The number of aryl methyl sites for hydroxylation is 1. The van der Waals surface area contributed by atoms with Gasteiger partial charge in [-0.1, -0.05) is 18.2 Å². The van der Waals surface area contributed by atoms with Crippen molar-refractivity contribution in [3.8, 4) is 11.5 Å². The largest absolute Gasteiger partial charge is 0.493 e. The van der Waals surface area contributed by atoms with Crippen molar-refractivity contribution in [1.29, 1.82) is 0 Å². The van der Waals surface area contributed by atoms with Crippen LogP contribution in [-0.2, 0) is 17.8 Å². The summed E-state index contributed by atoms with van der Waals surface area (Å²) in [6.07, 6.45) is 5.58. The molecule has 1 aromatic carbocycles. The molecule has 0 aliphatic carbocycles. The van der Waals surface area contributed by atoms with Crippen LogP contribution >= 0.6 is 0 Å². The molecule has 1 amide bonds. The van der Waals surface area contributed by atoms with E-state index in [1.165, 1.54) is 0 Å². The summed E-state index contributed by atoms with van der Waals surface area (Å²) in [5, 5.41) is 0. The fraction of sp³-hybridized carbons (Fsp3) is 0.368. The van der Waals surface area contributed by atoms with Crippen molar-refractivity contribution in [2.75, 3.05) is 20.3 Å². The predicted molar refractivity (Wildman–Crippen MR) is 91.1 cm³/mol. The molecule has 0 bridgehead atoms. The normalized spacial score (nSPS) is 14.1.